The van der Waals surface area contributed by atoms with Crippen molar-refractivity contribution in [3.05, 3.63) is 59.9 Å². The van der Waals surface area contributed by atoms with Crippen LogP contribution in [-0.4, -0.2) is 19.1 Å². The summed E-state index contributed by atoms with van der Waals surface area (Å²) in [6.07, 6.45) is 1.63. The maximum Gasteiger partial charge on any atom is 0.250 e. The van der Waals surface area contributed by atoms with Crippen molar-refractivity contribution >= 4 is 14.1 Å². The molecule has 0 aliphatic rings. The molecule has 0 unspecified atom stereocenters. The van der Waals surface area contributed by atoms with Crippen molar-refractivity contribution in [2.45, 2.75) is 38.9 Å². The highest BCUT2D eigenvalue weighted by molar-refractivity contribution is 6.74. The molecule has 3 nitrogen and oxygen atoms in total. The molecular weight excluding hydrogens is 290 g/mol. The number of carbonyl (C=O) groups is 1. The molecule has 22 heavy (non-hydrogen) atoms. The lowest BCUT2D eigenvalue weighted by atomic mass is 10.1. The van der Waals surface area contributed by atoms with Gasteiger partial charge in [0.2, 0.25) is 14.1 Å². The lowest BCUT2D eigenvalue weighted by molar-refractivity contribution is 0.103. The molecule has 0 spiro atoms. The summed E-state index contributed by atoms with van der Waals surface area (Å²) in [5.41, 5.74) is 1.09. The van der Waals surface area contributed by atoms with Gasteiger partial charge < -0.3 is 4.43 Å². The first-order valence-corrected chi connectivity index (χ1v) is 10.4. The van der Waals surface area contributed by atoms with Crippen molar-refractivity contribution in [1.29, 1.82) is 0 Å². The van der Waals surface area contributed by atoms with Gasteiger partial charge in [0.05, 0.1) is 0 Å². The third-order valence-electron chi connectivity index (χ3n) is 4.19. The zero-order chi connectivity index (χ0) is 16.4. The van der Waals surface area contributed by atoms with E-state index in [4.69, 9.17) is 4.43 Å². The average Bonchev–Trinajstić information content (AvgIpc) is 2.47. The number of hydrogen-bond acceptors (Lipinski definition) is 3. The third kappa shape index (κ3) is 3.63. The smallest absolute Gasteiger partial charge is 0.250 e. The second-order valence-electron chi connectivity index (χ2n) is 6.93. The fourth-order valence-electron chi connectivity index (χ4n) is 1.77. The van der Waals surface area contributed by atoms with Crippen LogP contribution in [0.25, 0.3) is 0 Å². The minimum atomic E-state index is -1.85. The molecule has 1 aromatic carbocycles. The molecule has 116 valence electrons. The standard InChI is InChI=1S/C18H23NO2Si/c1-18(2,3)22(4,5)21-15-11-9-14(10-12-15)17(20)16-8-6-7-13-19-16/h6-13H,1-5H3. The molecule has 1 aromatic heterocycles. The Morgan fingerprint density at radius 3 is 2.18 bits per heavy atom. The predicted octanol–water partition coefficient (Wildman–Crippen LogP) is 4.70. The number of nitrogens with zero attached hydrogens (tertiary/aromatic N) is 1. The van der Waals surface area contributed by atoms with Gasteiger partial charge >= 0.3 is 0 Å². The third-order valence-corrected chi connectivity index (χ3v) is 8.55. The Morgan fingerprint density at radius 2 is 1.68 bits per heavy atom. The second kappa shape index (κ2) is 6.05. The van der Waals surface area contributed by atoms with Crippen LogP contribution in [-0.2, 0) is 0 Å². The highest BCUT2D eigenvalue weighted by Gasteiger charge is 2.38. The number of pyridine rings is 1. The van der Waals surface area contributed by atoms with Gasteiger partial charge in [-0.15, -0.1) is 0 Å². The lowest BCUT2D eigenvalue weighted by Crippen LogP contribution is -2.43. The maximum atomic E-state index is 12.3. The molecule has 0 saturated carbocycles. The van der Waals surface area contributed by atoms with Crippen LogP contribution < -0.4 is 4.43 Å². The van der Waals surface area contributed by atoms with Crippen molar-refractivity contribution in [2.75, 3.05) is 0 Å². The van der Waals surface area contributed by atoms with Crippen molar-refractivity contribution in [1.82, 2.24) is 4.98 Å². The van der Waals surface area contributed by atoms with Crippen molar-refractivity contribution in [3.8, 4) is 5.75 Å². The summed E-state index contributed by atoms with van der Waals surface area (Å²) < 4.78 is 6.22. The Hall–Kier alpha value is -1.94. The molecule has 0 bridgehead atoms. The topological polar surface area (TPSA) is 39.2 Å². The predicted molar refractivity (Wildman–Crippen MR) is 91.9 cm³/mol. The zero-order valence-corrected chi connectivity index (χ0v) is 14.9. The number of aromatic nitrogens is 1. The van der Waals surface area contributed by atoms with E-state index in [2.05, 4.69) is 38.8 Å². The summed E-state index contributed by atoms with van der Waals surface area (Å²) in [6.45, 7) is 11.0. The van der Waals surface area contributed by atoms with Crippen LogP contribution in [0.5, 0.6) is 5.75 Å². The molecular formula is C18H23NO2Si. The van der Waals surface area contributed by atoms with Gasteiger partial charge in [-0.2, -0.15) is 0 Å². The fraction of sp³-hybridized carbons (Fsp3) is 0.333. The van der Waals surface area contributed by atoms with Crippen LogP contribution in [0.1, 0.15) is 36.8 Å². The molecule has 1 heterocycles. The molecule has 2 rings (SSSR count). The van der Waals surface area contributed by atoms with Crippen LogP contribution in [0, 0.1) is 0 Å². The van der Waals surface area contributed by atoms with Gasteiger partial charge in [0.15, 0.2) is 0 Å². The molecule has 0 N–H and O–H groups in total. The fourth-order valence-corrected chi connectivity index (χ4v) is 2.80. The Kier molecular flexibility index (Phi) is 4.51. The largest absolute Gasteiger partial charge is 0.544 e. The minimum Gasteiger partial charge on any atom is -0.544 e. The van der Waals surface area contributed by atoms with E-state index in [1.807, 2.05) is 18.2 Å². The average molecular weight is 313 g/mol. The van der Waals surface area contributed by atoms with E-state index in [0.717, 1.165) is 5.75 Å². The van der Waals surface area contributed by atoms with Crippen LogP contribution in [0.2, 0.25) is 18.1 Å². The highest BCUT2D eigenvalue weighted by Crippen LogP contribution is 2.37. The van der Waals surface area contributed by atoms with E-state index in [9.17, 15) is 4.79 Å². The maximum absolute atomic E-state index is 12.3. The molecule has 0 radical (unpaired) electrons. The number of hydrogen-bond donors (Lipinski definition) is 0. The first-order chi connectivity index (χ1) is 10.2. The van der Waals surface area contributed by atoms with Gasteiger partial charge in [-0.3, -0.25) is 9.78 Å². The van der Waals surface area contributed by atoms with Gasteiger partial charge in [-0.25, -0.2) is 0 Å². The Bertz CT molecular complexity index is 643. The summed E-state index contributed by atoms with van der Waals surface area (Å²) in [6, 6.07) is 12.7. The number of carbonyl (C=O) groups excluding carboxylic acids is 1. The number of ketones is 1. The zero-order valence-electron chi connectivity index (χ0n) is 13.9. The summed E-state index contributed by atoms with van der Waals surface area (Å²) >= 11 is 0. The first kappa shape index (κ1) is 16.4. The van der Waals surface area contributed by atoms with Gasteiger partial charge in [-0.05, 0) is 54.5 Å². The van der Waals surface area contributed by atoms with E-state index in [-0.39, 0.29) is 10.8 Å². The van der Waals surface area contributed by atoms with Crippen LogP contribution in [0.15, 0.2) is 48.7 Å². The van der Waals surface area contributed by atoms with Gasteiger partial charge in [0.25, 0.3) is 0 Å². The molecule has 0 aliphatic carbocycles. The molecule has 0 fully saturated rings. The van der Waals surface area contributed by atoms with Gasteiger partial charge in [0.1, 0.15) is 11.4 Å². The highest BCUT2D eigenvalue weighted by atomic mass is 28.4. The number of rotatable bonds is 4. The van der Waals surface area contributed by atoms with Crippen molar-refractivity contribution in [2.24, 2.45) is 0 Å². The van der Waals surface area contributed by atoms with Crippen molar-refractivity contribution < 1.29 is 9.22 Å². The molecule has 0 amide bonds. The first-order valence-electron chi connectivity index (χ1n) is 7.45. The van der Waals surface area contributed by atoms with E-state index < -0.39 is 8.32 Å². The van der Waals surface area contributed by atoms with Gasteiger partial charge in [-0.1, -0.05) is 26.8 Å². The Labute approximate surface area is 133 Å². The Morgan fingerprint density at radius 1 is 1.05 bits per heavy atom. The summed E-state index contributed by atoms with van der Waals surface area (Å²) in [7, 11) is -1.85. The summed E-state index contributed by atoms with van der Waals surface area (Å²) in [5, 5.41) is 0.148. The minimum absolute atomic E-state index is 0.0699. The number of benzene rings is 1. The molecule has 0 atom stereocenters. The summed E-state index contributed by atoms with van der Waals surface area (Å²) in [4.78, 5) is 16.4. The van der Waals surface area contributed by atoms with E-state index in [1.165, 1.54) is 0 Å². The molecule has 0 saturated heterocycles. The van der Waals surface area contributed by atoms with Crippen LogP contribution >= 0.6 is 0 Å². The Balaban J connectivity index is 2.16. The monoisotopic (exact) mass is 313 g/mol. The molecule has 2 aromatic rings. The van der Waals surface area contributed by atoms with E-state index in [1.54, 1.807) is 30.5 Å². The van der Waals surface area contributed by atoms with Gasteiger partial charge in [0, 0.05) is 11.8 Å². The lowest BCUT2D eigenvalue weighted by Gasteiger charge is -2.36. The SMILES string of the molecule is CC(C)(C)[Si](C)(C)Oc1ccc(C(=O)c2ccccn2)cc1. The quantitative estimate of drug-likeness (QED) is 0.607. The van der Waals surface area contributed by atoms with Crippen LogP contribution in [0.4, 0.5) is 0 Å². The second-order valence-corrected chi connectivity index (χ2v) is 11.7. The van der Waals surface area contributed by atoms with Crippen LogP contribution in [0.3, 0.4) is 0 Å². The normalized spacial score (nSPS) is 12.0. The van der Waals surface area contributed by atoms with Crippen molar-refractivity contribution in [3.63, 3.8) is 0 Å². The molecule has 0 aliphatic heterocycles. The van der Waals surface area contributed by atoms with E-state index in [0.29, 0.717) is 11.3 Å². The molecule has 4 heteroatoms. The van der Waals surface area contributed by atoms with E-state index >= 15 is 0 Å². The summed E-state index contributed by atoms with van der Waals surface area (Å²) in [5.74, 6) is 0.753.